The third-order valence-corrected chi connectivity index (χ3v) is 4.96. The molecule has 1 saturated heterocycles. The van der Waals surface area contributed by atoms with Gasteiger partial charge in [-0.25, -0.2) is 9.59 Å². The molecule has 2 aromatic carbocycles. The molecule has 2 aromatic rings. The van der Waals surface area contributed by atoms with Crippen molar-refractivity contribution in [2.45, 2.75) is 19.4 Å². The zero-order valence-electron chi connectivity index (χ0n) is 14.8. The summed E-state index contributed by atoms with van der Waals surface area (Å²) in [4.78, 5) is 36.2. The number of Topliss-reactive ketones (excluding diaryl/α,β-unsaturated/α-hetero) is 1. The van der Waals surface area contributed by atoms with Gasteiger partial charge in [0, 0.05) is 11.3 Å². The van der Waals surface area contributed by atoms with Crippen LogP contribution in [0.1, 0.15) is 28.4 Å². The highest BCUT2D eigenvalue weighted by Crippen LogP contribution is 2.39. The highest BCUT2D eigenvalue weighted by Gasteiger charge is 2.33. The van der Waals surface area contributed by atoms with E-state index in [4.69, 9.17) is 10.5 Å². The number of amides is 3. The van der Waals surface area contributed by atoms with Crippen molar-refractivity contribution in [2.24, 2.45) is 5.73 Å². The summed E-state index contributed by atoms with van der Waals surface area (Å²) in [6, 6.07) is 11.0. The molecule has 3 N–H and O–H groups in total. The van der Waals surface area contributed by atoms with Gasteiger partial charge in [0.05, 0.1) is 13.1 Å². The number of hydrogen-bond acceptors (Lipinski definition) is 4. The summed E-state index contributed by atoms with van der Waals surface area (Å²) in [6.07, 6.45) is -0.163. The van der Waals surface area contributed by atoms with Crippen LogP contribution in [-0.4, -0.2) is 37.1 Å². The summed E-state index contributed by atoms with van der Waals surface area (Å²) < 4.78 is 5.28. The quantitative estimate of drug-likeness (QED) is 0.693. The number of carbonyl (C=O) groups is 3. The van der Waals surface area contributed by atoms with E-state index >= 15 is 0 Å². The predicted molar refractivity (Wildman–Crippen MR) is 99.9 cm³/mol. The standard InChI is InChI=1S/C20H19N3O4/c1-11(24)12-2-4-17-13(6-12)7-14-8-15(3-5-18(14)17)23-10-16(27-20(23)26)9-22-19(21)25/h2-6,8,16H,7,9-10H2,1H3,(H3,21,22,25)/t16-/m0/s1. The second kappa shape index (κ2) is 6.42. The van der Waals surface area contributed by atoms with Gasteiger partial charge in [0.15, 0.2) is 5.78 Å². The highest BCUT2D eigenvalue weighted by molar-refractivity contribution is 5.96. The molecule has 3 amide bonds. The molecule has 1 heterocycles. The Bertz CT molecular complexity index is 970. The molecule has 2 aliphatic rings. The summed E-state index contributed by atoms with van der Waals surface area (Å²) in [5.74, 6) is 0.0462. The maximum absolute atomic E-state index is 12.2. The van der Waals surface area contributed by atoms with Crippen molar-refractivity contribution in [3.8, 4) is 11.1 Å². The van der Waals surface area contributed by atoms with Gasteiger partial charge in [-0.2, -0.15) is 0 Å². The van der Waals surface area contributed by atoms with Crippen LogP contribution in [0.25, 0.3) is 11.1 Å². The van der Waals surface area contributed by atoms with Crippen molar-refractivity contribution in [3.05, 3.63) is 53.1 Å². The van der Waals surface area contributed by atoms with Gasteiger partial charge in [0.1, 0.15) is 6.10 Å². The number of nitrogens with one attached hydrogen (secondary N) is 1. The Hall–Kier alpha value is -3.35. The van der Waals surface area contributed by atoms with E-state index in [1.165, 1.54) is 0 Å². The van der Waals surface area contributed by atoms with Crippen molar-refractivity contribution in [1.82, 2.24) is 5.32 Å². The van der Waals surface area contributed by atoms with Crippen LogP contribution < -0.4 is 16.0 Å². The molecule has 7 heteroatoms. The van der Waals surface area contributed by atoms with Crippen LogP contribution in [0, 0.1) is 0 Å². The molecule has 0 bridgehead atoms. The van der Waals surface area contributed by atoms with E-state index in [-0.39, 0.29) is 12.3 Å². The molecule has 0 aromatic heterocycles. The van der Waals surface area contributed by atoms with Crippen LogP contribution in [0.2, 0.25) is 0 Å². The van der Waals surface area contributed by atoms with Crippen LogP contribution in [0.4, 0.5) is 15.3 Å². The average Bonchev–Trinajstić information content (AvgIpc) is 3.18. The highest BCUT2D eigenvalue weighted by atomic mass is 16.6. The molecule has 0 spiro atoms. The molecule has 1 aliphatic heterocycles. The van der Waals surface area contributed by atoms with Crippen molar-refractivity contribution >= 4 is 23.6 Å². The Morgan fingerprint density at radius 2 is 1.89 bits per heavy atom. The van der Waals surface area contributed by atoms with E-state index < -0.39 is 18.2 Å². The third-order valence-electron chi connectivity index (χ3n) is 4.96. The zero-order valence-corrected chi connectivity index (χ0v) is 14.8. The fraction of sp³-hybridized carbons (Fsp3) is 0.250. The number of carbonyl (C=O) groups excluding carboxylic acids is 3. The number of ether oxygens (including phenoxy) is 1. The molecular formula is C20H19N3O4. The Morgan fingerprint density at radius 1 is 1.19 bits per heavy atom. The number of benzene rings is 2. The van der Waals surface area contributed by atoms with Gasteiger partial charge in [-0.05, 0) is 53.8 Å². The molecule has 27 heavy (non-hydrogen) atoms. The number of ketones is 1. The number of fused-ring (bicyclic) bond motifs is 3. The van der Waals surface area contributed by atoms with Crippen LogP contribution in [0.15, 0.2) is 36.4 Å². The number of rotatable bonds is 4. The van der Waals surface area contributed by atoms with Gasteiger partial charge >= 0.3 is 12.1 Å². The fourth-order valence-electron chi connectivity index (χ4n) is 3.64. The fourth-order valence-corrected chi connectivity index (χ4v) is 3.64. The summed E-state index contributed by atoms with van der Waals surface area (Å²) in [7, 11) is 0. The largest absolute Gasteiger partial charge is 0.442 e. The monoisotopic (exact) mass is 365 g/mol. The first-order valence-corrected chi connectivity index (χ1v) is 8.71. The van der Waals surface area contributed by atoms with Crippen molar-refractivity contribution < 1.29 is 19.1 Å². The lowest BCUT2D eigenvalue weighted by Gasteiger charge is -2.14. The molecule has 1 fully saturated rings. The molecule has 1 aliphatic carbocycles. The van der Waals surface area contributed by atoms with Gasteiger partial charge in [-0.15, -0.1) is 0 Å². The minimum absolute atomic E-state index is 0.0462. The SMILES string of the molecule is CC(=O)c1ccc2c(c1)Cc1cc(N3C[C@H](CNC(N)=O)OC3=O)ccc1-2. The Balaban J connectivity index is 1.56. The Morgan fingerprint density at radius 3 is 2.59 bits per heavy atom. The first kappa shape index (κ1) is 17.1. The number of urea groups is 1. The van der Waals surface area contributed by atoms with Crippen molar-refractivity contribution in [1.29, 1.82) is 0 Å². The lowest BCUT2D eigenvalue weighted by molar-refractivity contribution is 0.101. The molecule has 0 saturated carbocycles. The van der Waals surface area contributed by atoms with E-state index in [0.29, 0.717) is 12.1 Å². The van der Waals surface area contributed by atoms with Gasteiger partial charge < -0.3 is 15.8 Å². The summed E-state index contributed by atoms with van der Waals surface area (Å²) in [5.41, 5.74) is 11.0. The molecule has 138 valence electrons. The number of hydrogen-bond donors (Lipinski definition) is 2. The number of cyclic esters (lactones) is 1. The van der Waals surface area contributed by atoms with Crippen molar-refractivity contribution in [3.63, 3.8) is 0 Å². The normalized spacial score (nSPS) is 17.3. The van der Waals surface area contributed by atoms with Crippen molar-refractivity contribution in [2.75, 3.05) is 18.0 Å². The minimum Gasteiger partial charge on any atom is -0.442 e. The summed E-state index contributed by atoms with van der Waals surface area (Å²) >= 11 is 0. The topological polar surface area (TPSA) is 102 Å². The van der Waals surface area contributed by atoms with Gasteiger partial charge in [0.2, 0.25) is 0 Å². The van der Waals surface area contributed by atoms with E-state index in [1.807, 2.05) is 36.4 Å². The first-order chi connectivity index (χ1) is 12.9. The number of nitrogens with zero attached hydrogens (tertiary/aromatic N) is 1. The van der Waals surface area contributed by atoms with E-state index in [1.54, 1.807) is 11.8 Å². The second-order valence-electron chi connectivity index (χ2n) is 6.81. The summed E-state index contributed by atoms with van der Waals surface area (Å²) in [6.45, 7) is 2.09. The smallest absolute Gasteiger partial charge is 0.414 e. The second-order valence-corrected chi connectivity index (χ2v) is 6.81. The third kappa shape index (κ3) is 3.12. The minimum atomic E-state index is -0.648. The van der Waals surface area contributed by atoms with Gasteiger partial charge in [0.25, 0.3) is 0 Å². The maximum atomic E-state index is 12.2. The maximum Gasteiger partial charge on any atom is 0.414 e. The van der Waals surface area contributed by atoms with Gasteiger partial charge in [-0.1, -0.05) is 18.2 Å². The van der Waals surface area contributed by atoms with Crippen LogP contribution in [-0.2, 0) is 11.2 Å². The van der Waals surface area contributed by atoms with E-state index in [0.717, 1.165) is 34.4 Å². The zero-order chi connectivity index (χ0) is 19.1. The predicted octanol–water partition coefficient (Wildman–Crippen LogP) is 2.45. The van der Waals surface area contributed by atoms with Crippen LogP contribution >= 0.6 is 0 Å². The van der Waals surface area contributed by atoms with E-state index in [9.17, 15) is 14.4 Å². The molecular weight excluding hydrogens is 346 g/mol. The number of primary amides is 1. The Kier molecular flexibility index (Phi) is 4.07. The molecule has 0 radical (unpaired) electrons. The lowest BCUT2D eigenvalue weighted by atomic mass is 10.0. The Labute approximate surface area is 156 Å². The number of anilines is 1. The van der Waals surface area contributed by atoms with Crippen LogP contribution in [0.3, 0.4) is 0 Å². The van der Waals surface area contributed by atoms with Crippen LogP contribution in [0.5, 0.6) is 0 Å². The first-order valence-electron chi connectivity index (χ1n) is 8.71. The lowest BCUT2D eigenvalue weighted by Crippen LogP contribution is -2.37. The molecule has 1 atom stereocenters. The molecule has 0 unspecified atom stereocenters. The average molecular weight is 365 g/mol. The number of nitrogens with two attached hydrogens (primary N) is 1. The van der Waals surface area contributed by atoms with Gasteiger partial charge in [-0.3, -0.25) is 9.69 Å². The summed E-state index contributed by atoms with van der Waals surface area (Å²) in [5, 5.41) is 2.46. The molecule has 7 nitrogen and oxygen atoms in total. The van der Waals surface area contributed by atoms with E-state index in [2.05, 4.69) is 5.32 Å². The molecule has 4 rings (SSSR count).